The molecule has 2 fully saturated rings. The first-order valence-electron chi connectivity index (χ1n) is 5.50. The van der Waals surface area contributed by atoms with Crippen molar-refractivity contribution in [3.63, 3.8) is 0 Å². The van der Waals surface area contributed by atoms with Gasteiger partial charge in [-0.25, -0.2) is 0 Å². The molecule has 12 heavy (non-hydrogen) atoms. The molecule has 0 aromatic rings. The minimum atomic E-state index is 0.508. The Morgan fingerprint density at radius 1 is 1.08 bits per heavy atom. The van der Waals surface area contributed by atoms with Crippen LogP contribution in [0.4, 0.5) is 0 Å². The summed E-state index contributed by atoms with van der Waals surface area (Å²) in [7, 11) is 0. The monoisotopic (exact) mass is 167 g/mol. The van der Waals surface area contributed by atoms with Crippen LogP contribution in [0.25, 0.3) is 0 Å². The van der Waals surface area contributed by atoms with Gasteiger partial charge < -0.3 is 5.73 Å². The van der Waals surface area contributed by atoms with Gasteiger partial charge >= 0.3 is 0 Å². The Kier molecular flexibility index (Phi) is 2.16. The van der Waals surface area contributed by atoms with Crippen LogP contribution in [0, 0.1) is 11.3 Å². The van der Waals surface area contributed by atoms with E-state index in [1.165, 1.54) is 44.9 Å². The van der Waals surface area contributed by atoms with Gasteiger partial charge in [-0.05, 0) is 37.0 Å². The van der Waals surface area contributed by atoms with Gasteiger partial charge in [0.15, 0.2) is 0 Å². The van der Waals surface area contributed by atoms with Crippen molar-refractivity contribution in [2.75, 3.05) is 0 Å². The maximum absolute atomic E-state index is 6.32. The van der Waals surface area contributed by atoms with E-state index in [0.717, 1.165) is 5.92 Å². The molecule has 0 amide bonds. The van der Waals surface area contributed by atoms with E-state index in [2.05, 4.69) is 6.92 Å². The van der Waals surface area contributed by atoms with Crippen LogP contribution in [-0.2, 0) is 0 Å². The summed E-state index contributed by atoms with van der Waals surface area (Å²) >= 11 is 0. The molecule has 0 bridgehead atoms. The van der Waals surface area contributed by atoms with Gasteiger partial charge in [0.2, 0.25) is 0 Å². The Labute approximate surface area is 75.7 Å². The van der Waals surface area contributed by atoms with Crippen LogP contribution in [0.1, 0.15) is 51.9 Å². The van der Waals surface area contributed by atoms with E-state index >= 15 is 0 Å². The lowest BCUT2D eigenvalue weighted by Crippen LogP contribution is -2.47. The highest BCUT2D eigenvalue weighted by molar-refractivity contribution is 4.97. The molecule has 1 spiro atoms. The van der Waals surface area contributed by atoms with Gasteiger partial charge in [0.1, 0.15) is 0 Å². The third kappa shape index (κ3) is 1.19. The van der Waals surface area contributed by atoms with Crippen molar-refractivity contribution in [3.05, 3.63) is 0 Å². The summed E-state index contributed by atoms with van der Waals surface area (Å²) in [5.74, 6) is 0.775. The molecule has 2 saturated carbocycles. The average molecular weight is 167 g/mol. The summed E-state index contributed by atoms with van der Waals surface area (Å²) in [6.07, 6.45) is 9.90. The number of hydrogen-bond donors (Lipinski definition) is 1. The molecule has 70 valence electrons. The van der Waals surface area contributed by atoms with Crippen molar-refractivity contribution < 1.29 is 0 Å². The summed E-state index contributed by atoms with van der Waals surface area (Å²) in [6, 6.07) is 0.508. The Hall–Kier alpha value is -0.0400. The Bertz CT molecular complexity index is 158. The molecule has 0 saturated heterocycles. The Morgan fingerprint density at radius 2 is 1.67 bits per heavy atom. The van der Waals surface area contributed by atoms with E-state index in [1.54, 1.807) is 0 Å². The highest BCUT2D eigenvalue weighted by Crippen LogP contribution is 2.49. The van der Waals surface area contributed by atoms with E-state index < -0.39 is 0 Å². The number of hydrogen-bond acceptors (Lipinski definition) is 1. The Balaban J connectivity index is 2.11. The first-order valence-corrected chi connectivity index (χ1v) is 5.50. The van der Waals surface area contributed by atoms with E-state index in [4.69, 9.17) is 5.73 Å². The second-order valence-electron chi connectivity index (χ2n) is 4.96. The molecule has 0 aromatic carbocycles. The highest BCUT2D eigenvalue weighted by Gasteiger charge is 2.43. The largest absolute Gasteiger partial charge is 0.327 e. The fourth-order valence-electron chi connectivity index (χ4n) is 3.39. The van der Waals surface area contributed by atoms with Gasteiger partial charge in [-0.3, -0.25) is 0 Å². The molecule has 1 nitrogen and oxygen atoms in total. The molecule has 1 heteroatoms. The van der Waals surface area contributed by atoms with E-state index in [0.29, 0.717) is 11.5 Å². The molecule has 0 aromatic heterocycles. The number of nitrogens with two attached hydrogens (primary N) is 1. The van der Waals surface area contributed by atoms with Crippen LogP contribution in [0.5, 0.6) is 0 Å². The lowest BCUT2D eigenvalue weighted by atomic mass is 9.65. The van der Waals surface area contributed by atoms with Crippen LogP contribution in [0.3, 0.4) is 0 Å². The van der Waals surface area contributed by atoms with Gasteiger partial charge in [0.25, 0.3) is 0 Å². The third-order valence-corrected chi connectivity index (χ3v) is 4.25. The van der Waals surface area contributed by atoms with Crippen molar-refractivity contribution in [3.8, 4) is 0 Å². The first kappa shape index (κ1) is 8.55. The predicted octanol–water partition coefficient (Wildman–Crippen LogP) is 2.69. The number of rotatable bonds is 0. The zero-order valence-electron chi connectivity index (χ0n) is 8.18. The molecule has 2 aliphatic rings. The molecule has 0 radical (unpaired) electrons. The van der Waals surface area contributed by atoms with Crippen LogP contribution in [-0.4, -0.2) is 6.04 Å². The van der Waals surface area contributed by atoms with Crippen LogP contribution in [0.15, 0.2) is 0 Å². The standard InChI is InChI=1S/C11H21N/c1-9-5-4-8-11(10(9)12)6-2-3-7-11/h9-10H,2-8,12H2,1H3/t9-,10+/m0/s1. The second-order valence-corrected chi connectivity index (χ2v) is 4.96. The highest BCUT2D eigenvalue weighted by atomic mass is 14.7. The molecule has 2 rings (SSSR count). The molecule has 0 heterocycles. The molecule has 0 aliphatic heterocycles. The smallest absolute Gasteiger partial charge is 0.0121 e. The summed E-state index contributed by atoms with van der Waals surface area (Å²) in [6.45, 7) is 2.34. The molecule has 2 atom stereocenters. The average Bonchev–Trinajstić information content (AvgIpc) is 2.50. The normalized spacial score (nSPS) is 40.5. The maximum atomic E-state index is 6.32. The minimum absolute atomic E-state index is 0.508. The maximum Gasteiger partial charge on any atom is 0.0121 e. The lowest BCUT2D eigenvalue weighted by Gasteiger charge is -2.43. The van der Waals surface area contributed by atoms with Crippen LogP contribution in [0.2, 0.25) is 0 Å². The van der Waals surface area contributed by atoms with Gasteiger partial charge in [0, 0.05) is 6.04 Å². The molecular weight excluding hydrogens is 146 g/mol. The molecule has 0 unspecified atom stereocenters. The lowest BCUT2D eigenvalue weighted by molar-refractivity contribution is 0.115. The van der Waals surface area contributed by atoms with E-state index in [-0.39, 0.29) is 0 Å². The first-order chi connectivity index (χ1) is 5.75. The fraction of sp³-hybridized carbons (Fsp3) is 1.00. The topological polar surface area (TPSA) is 26.0 Å². The molecular formula is C11H21N. The van der Waals surface area contributed by atoms with E-state index in [9.17, 15) is 0 Å². The zero-order chi connectivity index (χ0) is 8.60. The minimum Gasteiger partial charge on any atom is -0.327 e. The van der Waals surface area contributed by atoms with Crippen molar-refractivity contribution >= 4 is 0 Å². The summed E-state index contributed by atoms with van der Waals surface area (Å²) < 4.78 is 0. The van der Waals surface area contributed by atoms with Gasteiger partial charge in [-0.1, -0.05) is 26.2 Å². The summed E-state index contributed by atoms with van der Waals surface area (Å²) in [4.78, 5) is 0. The predicted molar refractivity (Wildman–Crippen MR) is 51.9 cm³/mol. The summed E-state index contributed by atoms with van der Waals surface area (Å²) in [5, 5.41) is 0. The zero-order valence-corrected chi connectivity index (χ0v) is 8.18. The van der Waals surface area contributed by atoms with Crippen LogP contribution < -0.4 is 5.73 Å². The van der Waals surface area contributed by atoms with Crippen molar-refractivity contribution in [2.45, 2.75) is 57.9 Å². The molecule has 2 N–H and O–H groups in total. The second kappa shape index (κ2) is 3.02. The fourth-order valence-corrected chi connectivity index (χ4v) is 3.39. The van der Waals surface area contributed by atoms with Gasteiger partial charge in [0.05, 0.1) is 0 Å². The Morgan fingerprint density at radius 3 is 2.33 bits per heavy atom. The third-order valence-electron chi connectivity index (χ3n) is 4.25. The van der Waals surface area contributed by atoms with E-state index in [1.807, 2.05) is 0 Å². The van der Waals surface area contributed by atoms with Gasteiger partial charge in [-0.2, -0.15) is 0 Å². The SMILES string of the molecule is C[C@H]1CCCC2(CCCC2)[C@@H]1N. The van der Waals surface area contributed by atoms with Gasteiger partial charge in [-0.15, -0.1) is 0 Å². The van der Waals surface area contributed by atoms with Crippen molar-refractivity contribution in [1.82, 2.24) is 0 Å². The van der Waals surface area contributed by atoms with Crippen LogP contribution >= 0.6 is 0 Å². The van der Waals surface area contributed by atoms with Crippen molar-refractivity contribution in [2.24, 2.45) is 17.1 Å². The molecule has 2 aliphatic carbocycles. The summed E-state index contributed by atoms with van der Waals surface area (Å²) in [5.41, 5.74) is 6.90. The van der Waals surface area contributed by atoms with Crippen molar-refractivity contribution in [1.29, 1.82) is 0 Å². The quantitative estimate of drug-likeness (QED) is 0.590.